The first-order valence-corrected chi connectivity index (χ1v) is 8.90. The highest BCUT2D eigenvalue weighted by Gasteiger charge is 2.10. The standard InChI is InChI=1S/C18H29N3O2/c1-2-7-20(8-3-1)9-14-23-18-6-4-5-17(15-18)16-19-21-10-12-22-13-11-21/h4-6,15,19H,1-3,7-14,16H2. The summed E-state index contributed by atoms with van der Waals surface area (Å²) in [6.45, 7) is 8.64. The molecule has 0 aliphatic carbocycles. The van der Waals surface area contributed by atoms with Crippen LogP contribution in [0.25, 0.3) is 0 Å². The van der Waals surface area contributed by atoms with Gasteiger partial charge in [0.1, 0.15) is 12.4 Å². The van der Waals surface area contributed by atoms with Gasteiger partial charge in [-0.15, -0.1) is 0 Å². The fourth-order valence-electron chi connectivity index (χ4n) is 3.15. The van der Waals surface area contributed by atoms with Crippen LogP contribution < -0.4 is 10.2 Å². The largest absolute Gasteiger partial charge is 0.492 e. The van der Waals surface area contributed by atoms with Crippen molar-refractivity contribution >= 4 is 0 Å². The van der Waals surface area contributed by atoms with Gasteiger partial charge in [0, 0.05) is 26.2 Å². The Balaban J connectivity index is 1.39. The molecular weight excluding hydrogens is 290 g/mol. The van der Waals surface area contributed by atoms with Crippen LogP contribution >= 0.6 is 0 Å². The molecule has 2 saturated heterocycles. The van der Waals surface area contributed by atoms with E-state index in [1.165, 1.54) is 37.9 Å². The van der Waals surface area contributed by atoms with Crippen molar-refractivity contribution in [1.29, 1.82) is 0 Å². The number of hydrogen-bond donors (Lipinski definition) is 1. The number of nitrogens with one attached hydrogen (secondary N) is 1. The van der Waals surface area contributed by atoms with Gasteiger partial charge >= 0.3 is 0 Å². The predicted octanol–water partition coefficient (Wildman–Crippen LogP) is 1.89. The Hall–Kier alpha value is -1.14. The van der Waals surface area contributed by atoms with E-state index in [1.54, 1.807) is 0 Å². The summed E-state index contributed by atoms with van der Waals surface area (Å²) in [7, 11) is 0. The zero-order chi connectivity index (χ0) is 15.7. The smallest absolute Gasteiger partial charge is 0.119 e. The minimum absolute atomic E-state index is 0.778. The SMILES string of the molecule is c1cc(CNN2CCOCC2)cc(OCCN2CCCCC2)c1. The highest BCUT2D eigenvalue weighted by atomic mass is 16.5. The van der Waals surface area contributed by atoms with Gasteiger partial charge < -0.3 is 9.47 Å². The third kappa shape index (κ3) is 5.77. The molecule has 0 saturated carbocycles. The Morgan fingerprint density at radius 1 is 1.04 bits per heavy atom. The molecule has 0 amide bonds. The number of likely N-dealkylation sites (tertiary alicyclic amines) is 1. The lowest BCUT2D eigenvalue weighted by molar-refractivity contribution is 0.0105. The number of morpholine rings is 1. The van der Waals surface area contributed by atoms with Crippen LogP contribution in [-0.2, 0) is 11.3 Å². The first-order valence-electron chi connectivity index (χ1n) is 8.90. The van der Waals surface area contributed by atoms with E-state index in [0.29, 0.717) is 0 Å². The first kappa shape index (κ1) is 16.7. The van der Waals surface area contributed by atoms with E-state index in [1.807, 2.05) is 0 Å². The molecule has 2 aliphatic heterocycles. The van der Waals surface area contributed by atoms with E-state index >= 15 is 0 Å². The molecule has 2 heterocycles. The van der Waals surface area contributed by atoms with Crippen molar-refractivity contribution in [2.24, 2.45) is 0 Å². The lowest BCUT2D eigenvalue weighted by atomic mass is 10.1. The van der Waals surface area contributed by atoms with Crippen LogP contribution in [0.5, 0.6) is 5.75 Å². The zero-order valence-electron chi connectivity index (χ0n) is 14.0. The Labute approximate surface area is 139 Å². The van der Waals surface area contributed by atoms with Gasteiger partial charge in [-0.1, -0.05) is 18.6 Å². The molecule has 0 spiro atoms. The average Bonchev–Trinajstić information content (AvgIpc) is 2.62. The summed E-state index contributed by atoms with van der Waals surface area (Å²) >= 11 is 0. The molecule has 23 heavy (non-hydrogen) atoms. The second-order valence-corrected chi connectivity index (χ2v) is 6.33. The van der Waals surface area contributed by atoms with E-state index in [2.05, 4.69) is 39.6 Å². The van der Waals surface area contributed by atoms with E-state index < -0.39 is 0 Å². The summed E-state index contributed by atoms with van der Waals surface area (Å²) in [4.78, 5) is 2.51. The Bertz CT molecular complexity index is 457. The van der Waals surface area contributed by atoms with Crippen molar-refractivity contribution < 1.29 is 9.47 Å². The molecule has 0 atom stereocenters. The summed E-state index contributed by atoms with van der Waals surface area (Å²) in [5.74, 6) is 0.975. The Morgan fingerprint density at radius 3 is 2.70 bits per heavy atom. The molecule has 2 fully saturated rings. The molecule has 3 rings (SSSR count). The maximum atomic E-state index is 5.94. The van der Waals surface area contributed by atoms with E-state index in [4.69, 9.17) is 9.47 Å². The monoisotopic (exact) mass is 319 g/mol. The van der Waals surface area contributed by atoms with E-state index in [9.17, 15) is 0 Å². The topological polar surface area (TPSA) is 37.0 Å². The predicted molar refractivity (Wildman–Crippen MR) is 91.5 cm³/mol. The van der Waals surface area contributed by atoms with Crippen LogP contribution in [0.4, 0.5) is 0 Å². The molecule has 5 heteroatoms. The molecule has 128 valence electrons. The number of hydrazine groups is 1. The van der Waals surface area contributed by atoms with Crippen molar-refractivity contribution in [2.75, 3.05) is 52.5 Å². The summed E-state index contributed by atoms with van der Waals surface area (Å²) in [5, 5.41) is 2.23. The normalized spacial score (nSPS) is 20.5. The molecule has 0 radical (unpaired) electrons. The quantitative estimate of drug-likeness (QED) is 0.831. The van der Waals surface area contributed by atoms with Crippen LogP contribution in [0.2, 0.25) is 0 Å². The van der Waals surface area contributed by atoms with Crippen molar-refractivity contribution in [3.05, 3.63) is 29.8 Å². The number of nitrogens with zero attached hydrogens (tertiary/aromatic N) is 2. The molecule has 2 aliphatic rings. The van der Waals surface area contributed by atoms with Gasteiger partial charge in [-0.05, 0) is 43.6 Å². The van der Waals surface area contributed by atoms with Gasteiger partial charge in [-0.25, -0.2) is 5.01 Å². The maximum Gasteiger partial charge on any atom is 0.119 e. The van der Waals surface area contributed by atoms with Crippen LogP contribution in [0, 0.1) is 0 Å². The first-order chi connectivity index (χ1) is 11.4. The number of hydrogen-bond acceptors (Lipinski definition) is 5. The van der Waals surface area contributed by atoms with Crippen molar-refractivity contribution in [3.63, 3.8) is 0 Å². The van der Waals surface area contributed by atoms with Gasteiger partial charge in [0.25, 0.3) is 0 Å². The summed E-state index contributed by atoms with van der Waals surface area (Å²) < 4.78 is 11.3. The lowest BCUT2D eigenvalue weighted by Gasteiger charge is -2.27. The number of piperidine rings is 1. The molecule has 0 unspecified atom stereocenters. The van der Waals surface area contributed by atoms with Gasteiger partial charge in [0.05, 0.1) is 13.2 Å². The minimum atomic E-state index is 0.778. The summed E-state index contributed by atoms with van der Waals surface area (Å²) in [6, 6.07) is 8.41. The number of ether oxygens (including phenoxy) is 2. The minimum Gasteiger partial charge on any atom is -0.492 e. The highest BCUT2D eigenvalue weighted by molar-refractivity contribution is 5.28. The van der Waals surface area contributed by atoms with Crippen molar-refractivity contribution in [3.8, 4) is 5.75 Å². The second-order valence-electron chi connectivity index (χ2n) is 6.33. The zero-order valence-corrected chi connectivity index (χ0v) is 14.0. The fraction of sp³-hybridized carbons (Fsp3) is 0.667. The van der Waals surface area contributed by atoms with Crippen molar-refractivity contribution in [2.45, 2.75) is 25.8 Å². The molecule has 0 aromatic heterocycles. The van der Waals surface area contributed by atoms with Crippen LogP contribution in [0.3, 0.4) is 0 Å². The molecule has 0 bridgehead atoms. The Kier molecular flexibility index (Phi) is 6.70. The van der Waals surface area contributed by atoms with Gasteiger partial charge in [-0.2, -0.15) is 0 Å². The second kappa shape index (κ2) is 9.23. The summed E-state index contributed by atoms with van der Waals surface area (Å²) in [6.07, 6.45) is 4.06. The van der Waals surface area contributed by atoms with Gasteiger partial charge in [0.2, 0.25) is 0 Å². The number of benzene rings is 1. The third-order valence-electron chi connectivity index (χ3n) is 4.54. The molecule has 5 nitrogen and oxygen atoms in total. The van der Waals surface area contributed by atoms with Crippen LogP contribution in [0.1, 0.15) is 24.8 Å². The highest BCUT2D eigenvalue weighted by Crippen LogP contribution is 2.14. The molecule has 1 aromatic rings. The fourth-order valence-corrected chi connectivity index (χ4v) is 3.15. The molecular formula is C18H29N3O2. The third-order valence-corrected chi connectivity index (χ3v) is 4.54. The van der Waals surface area contributed by atoms with Crippen molar-refractivity contribution in [1.82, 2.24) is 15.3 Å². The van der Waals surface area contributed by atoms with E-state index in [0.717, 1.165) is 51.7 Å². The maximum absolute atomic E-state index is 5.94. The summed E-state index contributed by atoms with van der Waals surface area (Å²) in [5.41, 5.74) is 4.72. The van der Waals surface area contributed by atoms with Gasteiger partial charge in [0.15, 0.2) is 0 Å². The van der Waals surface area contributed by atoms with E-state index in [-0.39, 0.29) is 0 Å². The van der Waals surface area contributed by atoms with Crippen LogP contribution in [-0.4, -0.2) is 62.5 Å². The van der Waals surface area contributed by atoms with Crippen LogP contribution in [0.15, 0.2) is 24.3 Å². The van der Waals surface area contributed by atoms with Gasteiger partial charge in [-0.3, -0.25) is 10.3 Å². The molecule has 1 aromatic carbocycles. The number of rotatable bonds is 7. The average molecular weight is 319 g/mol. The lowest BCUT2D eigenvalue weighted by Crippen LogP contribution is -2.45. The molecule has 1 N–H and O–H groups in total. The Morgan fingerprint density at radius 2 is 1.87 bits per heavy atom.